The third-order valence-electron chi connectivity index (χ3n) is 17.4. The van der Waals surface area contributed by atoms with Crippen LogP contribution in [0, 0.1) is 0 Å². The molecule has 0 aliphatic carbocycles. The summed E-state index contributed by atoms with van der Waals surface area (Å²) < 4.78 is 8.78. The second-order valence-corrected chi connectivity index (χ2v) is 22.0. The molecule has 83 heavy (non-hydrogen) atoms. The molecule has 0 spiro atoms. The Labute approximate surface area is 481 Å². The molecule has 0 bridgehead atoms. The molecule has 0 saturated carbocycles. The van der Waals surface area contributed by atoms with Crippen molar-refractivity contribution in [3.05, 3.63) is 303 Å². The minimum absolute atomic E-state index is 0.122. The van der Waals surface area contributed by atoms with Crippen molar-refractivity contribution in [2.75, 3.05) is 9.80 Å². The van der Waals surface area contributed by atoms with Gasteiger partial charge < -0.3 is 18.8 Å². The van der Waals surface area contributed by atoms with Gasteiger partial charge in [0, 0.05) is 61.4 Å². The van der Waals surface area contributed by atoms with Gasteiger partial charge in [0.15, 0.2) is 0 Å². The van der Waals surface area contributed by atoms with Crippen LogP contribution in [-0.4, -0.2) is 11.3 Å². The number of para-hydroxylation sites is 3. The number of nitrogens with zero attached hydrogens (tertiary/aromatic N) is 3. The van der Waals surface area contributed by atoms with E-state index in [1.807, 2.05) is 6.07 Å². The molecule has 5 heteroatoms. The predicted octanol–water partition coefficient (Wildman–Crippen LogP) is 19.1. The summed E-state index contributed by atoms with van der Waals surface area (Å²) in [6.45, 7) is -0.122. The molecule has 0 unspecified atom stereocenters. The van der Waals surface area contributed by atoms with Gasteiger partial charge >= 0.3 is 0 Å². The van der Waals surface area contributed by atoms with Gasteiger partial charge in [-0.15, -0.1) is 0 Å². The maximum atomic E-state index is 6.38. The van der Waals surface area contributed by atoms with Crippen molar-refractivity contribution in [1.82, 2.24) is 4.57 Å². The first-order valence-electron chi connectivity index (χ1n) is 28.6. The van der Waals surface area contributed by atoms with E-state index in [1.165, 1.54) is 71.6 Å². The molecular weight excluding hydrogens is 1010 g/mol. The van der Waals surface area contributed by atoms with Gasteiger partial charge in [0.05, 0.1) is 11.0 Å². The van der Waals surface area contributed by atoms with E-state index in [0.717, 1.165) is 84.0 Å². The molecule has 15 aromatic rings. The second kappa shape index (κ2) is 18.9. The van der Waals surface area contributed by atoms with Crippen molar-refractivity contribution in [2.45, 2.75) is 0 Å². The van der Waals surface area contributed by atoms with E-state index in [2.05, 4.69) is 312 Å². The topological polar surface area (TPSA) is 24.6 Å². The number of hydrogen-bond acceptors (Lipinski definition) is 3. The zero-order valence-electron chi connectivity index (χ0n) is 45.2. The van der Waals surface area contributed by atoms with E-state index in [4.69, 9.17) is 4.42 Å². The summed E-state index contributed by atoms with van der Waals surface area (Å²) >= 11 is 0. The van der Waals surface area contributed by atoms with E-state index in [0.29, 0.717) is 0 Å². The molecule has 0 amide bonds. The fourth-order valence-electron chi connectivity index (χ4n) is 13.5. The van der Waals surface area contributed by atoms with Gasteiger partial charge in [0.1, 0.15) is 11.2 Å². The van der Waals surface area contributed by atoms with E-state index >= 15 is 0 Å². The monoisotopic (exact) mass is 1060 g/mol. The zero-order valence-corrected chi connectivity index (χ0v) is 45.2. The Balaban J connectivity index is 0.948. The van der Waals surface area contributed by atoms with Gasteiger partial charge in [-0.25, -0.2) is 0 Å². The molecule has 0 N–H and O–H groups in total. The minimum atomic E-state index is -0.122. The fourth-order valence-corrected chi connectivity index (χ4v) is 13.5. The molecule has 2 aromatic heterocycles. The molecule has 2 aliphatic heterocycles. The Hall–Kier alpha value is -10.9. The number of benzene rings is 13. The van der Waals surface area contributed by atoms with Crippen molar-refractivity contribution in [1.29, 1.82) is 0 Å². The third kappa shape index (κ3) is 7.62. The van der Waals surface area contributed by atoms with Gasteiger partial charge in [-0.05, 0) is 169 Å². The van der Waals surface area contributed by atoms with Gasteiger partial charge in [-0.1, -0.05) is 206 Å². The molecule has 4 nitrogen and oxygen atoms in total. The van der Waals surface area contributed by atoms with Crippen molar-refractivity contribution in [3.63, 3.8) is 0 Å². The lowest BCUT2D eigenvalue weighted by Gasteiger charge is -2.44. The minimum Gasteiger partial charge on any atom is -0.456 e. The average Bonchev–Trinajstić information content (AvgIpc) is 2.31. The van der Waals surface area contributed by atoms with Crippen LogP contribution in [0.25, 0.3) is 105 Å². The fraction of sp³-hybridized carbons (Fsp3) is 0. The van der Waals surface area contributed by atoms with Gasteiger partial charge in [-0.2, -0.15) is 0 Å². The third-order valence-corrected chi connectivity index (χ3v) is 17.4. The van der Waals surface area contributed by atoms with Gasteiger partial charge in [0.2, 0.25) is 0 Å². The van der Waals surface area contributed by atoms with E-state index in [9.17, 15) is 0 Å². The highest BCUT2D eigenvalue weighted by molar-refractivity contribution is 7.00. The van der Waals surface area contributed by atoms with Gasteiger partial charge in [-0.3, -0.25) is 0 Å². The SMILES string of the molecule is c1ccc(-c2ccc(N3c4ccc(-c5ccccc5)cc4B4c5ccc(-c6ccc7oc8ccccc8c7c6)cc5N(c5ccc(-c6ccccc6)cc5)c5cc(-c6ccc7c(c6)c6ccccc6n7-c6ccccc6)cc3c54)cc2)cc1. The van der Waals surface area contributed by atoms with Crippen LogP contribution in [0.3, 0.4) is 0 Å². The van der Waals surface area contributed by atoms with Crippen LogP contribution in [0.2, 0.25) is 0 Å². The molecule has 17 rings (SSSR count). The summed E-state index contributed by atoms with van der Waals surface area (Å²) in [5.41, 5.74) is 27.5. The maximum absolute atomic E-state index is 6.38. The quantitative estimate of drug-likeness (QED) is 0.142. The van der Waals surface area contributed by atoms with Crippen molar-refractivity contribution in [3.8, 4) is 61.3 Å². The molecule has 0 fully saturated rings. The zero-order chi connectivity index (χ0) is 54.5. The van der Waals surface area contributed by atoms with E-state index in [1.54, 1.807) is 0 Å². The molecule has 0 saturated heterocycles. The Morgan fingerprint density at radius 2 is 0.687 bits per heavy atom. The highest BCUT2D eigenvalue weighted by Gasteiger charge is 2.44. The Kier molecular flexibility index (Phi) is 10.7. The summed E-state index contributed by atoms with van der Waals surface area (Å²) in [4.78, 5) is 5.10. The van der Waals surface area contributed by atoms with Crippen LogP contribution >= 0.6 is 0 Å². The summed E-state index contributed by atoms with van der Waals surface area (Å²) in [5, 5.41) is 4.66. The highest BCUT2D eigenvalue weighted by Crippen LogP contribution is 2.49. The Morgan fingerprint density at radius 3 is 1.36 bits per heavy atom. The Bertz CT molecular complexity index is 5010. The van der Waals surface area contributed by atoms with Crippen LogP contribution < -0.4 is 26.2 Å². The number of rotatable bonds is 8. The number of fused-ring (bicyclic) bond motifs is 10. The number of anilines is 6. The average molecular weight is 1060 g/mol. The predicted molar refractivity (Wildman–Crippen MR) is 349 cm³/mol. The summed E-state index contributed by atoms with van der Waals surface area (Å²) in [7, 11) is 0. The number of furan rings is 1. The summed E-state index contributed by atoms with van der Waals surface area (Å²) in [6, 6.07) is 112. The van der Waals surface area contributed by atoms with Crippen LogP contribution in [0.4, 0.5) is 34.1 Å². The first-order valence-corrected chi connectivity index (χ1v) is 28.6. The standard InChI is InChI=1S/C78H50BN3O/c1-5-17-51(18-6-1)54-29-37-62(38-30-54)81-72-43-35-58(53-21-9-3-10-22-53)47-69(72)79-68-41-33-59(56-36-44-77-67(46-56)65-26-14-16-28-76(65)83-77)48-73(68)82(63-39-31-55(32-40-63)52-19-7-2-8-20-52)75-50-60(49-74(81)78(75)79)57-34-42-71-66(45-57)64-25-13-15-27-70(64)80(71)61-23-11-4-12-24-61/h1-50H. The molecule has 0 radical (unpaired) electrons. The first kappa shape index (κ1) is 47.0. The number of aromatic nitrogens is 1. The van der Waals surface area contributed by atoms with Crippen LogP contribution in [0.5, 0.6) is 0 Å². The maximum Gasteiger partial charge on any atom is 0.252 e. The molecule has 4 heterocycles. The molecule has 13 aromatic carbocycles. The second-order valence-electron chi connectivity index (χ2n) is 22.0. The van der Waals surface area contributed by atoms with Crippen LogP contribution in [0.15, 0.2) is 308 Å². The Morgan fingerprint density at radius 1 is 0.241 bits per heavy atom. The van der Waals surface area contributed by atoms with Crippen molar-refractivity contribution >= 4 is 101 Å². The smallest absolute Gasteiger partial charge is 0.252 e. The molecule has 386 valence electrons. The number of hydrogen-bond donors (Lipinski definition) is 0. The molecule has 2 aliphatic rings. The lowest BCUT2D eigenvalue weighted by molar-refractivity contribution is 0.669. The molecule has 0 atom stereocenters. The first-order chi connectivity index (χ1) is 41.1. The van der Waals surface area contributed by atoms with Crippen LogP contribution in [0.1, 0.15) is 0 Å². The highest BCUT2D eigenvalue weighted by atomic mass is 16.3. The van der Waals surface area contributed by atoms with E-state index in [-0.39, 0.29) is 6.71 Å². The van der Waals surface area contributed by atoms with Crippen molar-refractivity contribution in [2.24, 2.45) is 0 Å². The molecular formula is C78H50BN3O. The lowest BCUT2D eigenvalue weighted by Crippen LogP contribution is -2.61. The summed E-state index contributed by atoms with van der Waals surface area (Å²) in [6.07, 6.45) is 0. The summed E-state index contributed by atoms with van der Waals surface area (Å²) in [5.74, 6) is 0. The van der Waals surface area contributed by atoms with Crippen LogP contribution in [-0.2, 0) is 0 Å². The largest absolute Gasteiger partial charge is 0.456 e. The normalized spacial score (nSPS) is 12.5. The van der Waals surface area contributed by atoms with Gasteiger partial charge in [0.25, 0.3) is 6.71 Å². The van der Waals surface area contributed by atoms with E-state index < -0.39 is 0 Å². The van der Waals surface area contributed by atoms with Crippen molar-refractivity contribution < 1.29 is 4.42 Å². The lowest BCUT2D eigenvalue weighted by atomic mass is 9.33.